The molecule has 11 heteroatoms. The fraction of sp³-hybridized carbons (Fsp3) is 0.333. The molecule has 7 nitrogen and oxygen atoms in total. The lowest BCUT2D eigenvalue weighted by Gasteiger charge is -2.10. The lowest BCUT2D eigenvalue weighted by Crippen LogP contribution is -2.33. The molecular formula is C12H11F3N2O5S. The van der Waals surface area contributed by atoms with Crippen molar-refractivity contribution in [2.45, 2.75) is 11.1 Å². The van der Waals surface area contributed by atoms with Gasteiger partial charge in [0.1, 0.15) is 6.54 Å². The maximum atomic E-state index is 12.1. The highest BCUT2D eigenvalue weighted by atomic mass is 32.2. The Kier molecular flexibility index (Phi) is 4.73. The molecule has 0 fully saturated rings. The van der Waals surface area contributed by atoms with Crippen molar-refractivity contribution >= 4 is 21.3 Å². The van der Waals surface area contributed by atoms with Gasteiger partial charge < -0.3 is 4.74 Å². The second-order valence-electron chi connectivity index (χ2n) is 4.62. The lowest BCUT2D eigenvalue weighted by molar-refractivity contribution is -0.385. The molecule has 1 aromatic rings. The smallest absolute Gasteiger partial charge is 0.373 e. The van der Waals surface area contributed by atoms with Crippen molar-refractivity contribution in [1.82, 2.24) is 4.72 Å². The van der Waals surface area contributed by atoms with Crippen molar-refractivity contribution in [1.29, 1.82) is 0 Å². The van der Waals surface area contributed by atoms with E-state index >= 15 is 0 Å². The molecule has 1 N–H and O–H groups in total. The van der Waals surface area contributed by atoms with Gasteiger partial charge in [0.2, 0.25) is 10.0 Å². The van der Waals surface area contributed by atoms with Crippen LogP contribution in [-0.2, 0) is 14.8 Å². The van der Waals surface area contributed by atoms with E-state index in [2.05, 4.69) is 0 Å². The van der Waals surface area contributed by atoms with Crippen LogP contribution in [-0.4, -0.2) is 39.3 Å². The Balaban J connectivity index is 2.37. The zero-order valence-electron chi connectivity index (χ0n) is 11.5. The monoisotopic (exact) mass is 352 g/mol. The number of alkyl halides is 3. The summed E-state index contributed by atoms with van der Waals surface area (Å²) >= 11 is 0. The van der Waals surface area contributed by atoms with Crippen LogP contribution in [0, 0.1) is 10.1 Å². The minimum absolute atomic E-state index is 0.138. The summed E-state index contributed by atoms with van der Waals surface area (Å²) in [4.78, 5) is 9.71. The summed E-state index contributed by atoms with van der Waals surface area (Å²) in [7, 11) is -4.51. The molecule has 0 aliphatic carbocycles. The zero-order chi connectivity index (χ0) is 17.3. The van der Waals surface area contributed by atoms with Gasteiger partial charge in [-0.25, -0.2) is 13.1 Å². The molecule has 0 bridgehead atoms. The van der Waals surface area contributed by atoms with Gasteiger partial charge in [-0.2, -0.15) is 13.2 Å². The largest absolute Gasteiger partial charge is 0.402 e. The average molecular weight is 352 g/mol. The molecule has 0 aromatic heterocycles. The maximum Gasteiger partial charge on any atom is 0.402 e. The van der Waals surface area contributed by atoms with E-state index in [4.69, 9.17) is 4.74 Å². The van der Waals surface area contributed by atoms with Crippen LogP contribution in [0.1, 0.15) is 5.56 Å². The van der Waals surface area contributed by atoms with Gasteiger partial charge in [0.25, 0.3) is 5.69 Å². The molecule has 126 valence electrons. The highest BCUT2D eigenvalue weighted by Crippen LogP contribution is 2.30. The third-order valence-corrected chi connectivity index (χ3v) is 4.39. The lowest BCUT2D eigenvalue weighted by atomic mass is 10.1. The highest BCUT2D eigenvalue weighted by Gasteiger charge is 2.31. The fourth-order valence-corrected chi connectivity index (χ4v) is 2.97. The van der Waals surface area contributed by atoms with E-state index < -0.39 is 38.3 Å². The summed E-state index contributed by atoms with van der Waals surface area (Å²) in [6.45, 7) is -1.34. The normalized spacial score (nSPS) is 15.5. The van der Waals surface area contributed by atoms with Gasteiger partial charge in [0.15, 0.2) is 0 Å². The Hall–Kier alpha value is -1.98. The molecule has 23 heavy (non-hydrogen) atoms. The van der Waals surface area contributed by atoms with E-state index in [-0.39, 0.29) is 18.8 Å². The molecule has 0 unspecified atom stereocenters. The average Bonchev–Trinajstić information content (AvgIpc) is 2.98. The van der Waals surface area contributed by atoms with Gasteiger partial charge in [-0.15, -0.1) is 0 Å². The van der Waals surface area contributed by atoms with Crippen molar-refractivity contribution in [2.24, 2.45) is 0 Å². The van der Waals surface area contributed by atoms with Crippen molar-refractivity contribution in [3.8, 4) is 0 Å². The topological polar surface area (TPSA) is 98.5 Å². The molecule has 1 aliphatic rings. The number of hydrogen-bond donors (Lipinski definition) is 1. The number of nitro groups is 1. The number of sulfonamides is 1. The van der Waals surface area contributed by atoms with E-state index in [1.807, 2.05) is 0 Å². The summed E-state index contributed by atoms with van der Waals surface area (Å²) in [6, 6.07) is 2.92. The molecule has 0 atom stereocenters. The Bertz CT molecular complexity index is 758. The number of rotatable bonds is 5. The molecule has 0 saturated carbocycles. The maximum absolute atomic E-state index is 12.1. The Labute approximate surface area is 128 Å². The van der Waals surface area contributed by atoms with Crippen LogP contribution in [0.25, 0.3) is 5.57 Å². The summed E-state index contributed by atoms with van der Waals surface area (Å²) in [5, 5.41) is 11.1. The van der Waals surface area contributed by atoms with E-state index in [1.165, 1.54) is 10.8 Å². The first-order chi connectivity index (χ1) is 10.6. The fourth-order valence-electron chi connectivity index (χ4n) is 1.94. The van der Waals surface area contributed by atoms with Crippen molar-refractivity contribution in [3.05, 3.63) is 40.0 Å². The first-order valence-electron chi connectivity index (χ1n) is 6.22. The van der Waals surface area contributed by atoms with E-state index in [1.54, 1.807) is 6.08 Å². The van der Waals surface area contributed by atoms with Crippen LogP contribution >= 0.6 is 0 Å². The Morgan fingerprint density at radius 3 is 2.57 bits per heavy atom. The second-order valence-corrected chi connectivity index (χ2v) is 6.39. The van der Waals surface area contributed by atoms with Gasteiger partial charge in [-0.05, 0) is 17.7 Å². The number of nitrogens with one attached hydrogen (secondary N) is 1. The van der Waals surface area contributed by atoms with Crippen molar-refractivity contribution < 1.29 is 31.2 Å². The third kappa shape index (κ3) is 4.27. The van der Waals surface area contributed by atoms with Crippen LogP contribution < -0.4 is 4.72 Å². The molecule has 1 heterocycles. The predicted molar refractivity (Wildman–Crippen MR) is 73.1 cm³/mol. The Morgan fingerprint density at radius 1 is 1.35 bits per heavy atom. The van der Waals surface area contributed by atoms with Crippen molar-refractivity contribution in [3.63, 3.8) is 0 Å². The molecule has 1 aromatic carbocycles. The summed E-state index contributed by atoms with van der Waals surface area (Å²) in [5.41, 5.74) is 0.169. The summed E-state index contributed by atoms with van der Waals surface area (Å²) in [5.74, 6) is 0. The number of nitro benzene ring substituents is 1. The standard InChI is InChI=1S/C12H11F3N2O5S/c13-12(14,15)7-16-23(20,21)9-1-2-10(8-3-4-22-6-8)11(5-9)17(18)19/h1-3,5,16H,4,6-7H2. The Morgan fingerprint density at radius 2 is 2.04 bits per heavy atom. The molecular weight excluding hydrogens is 341 g/mol. The quantitative estimate of drug-likeness (QED) is 0.644. The minimum atomic E-state index is -4.73. The number of halogens is 3. The van der Waals surface area contributed by atoms with Crippen LogP contribution in [0.5, 0.6) is 0 Å². The SMILES string of the molecule is O=[N+]([O-])c1cc(S(=O)(=O)NCC(F)(F)F)ccc1C1=CCOC1. The van der Waals surface area contributed by atoms with Crippen LogP contribution in [0.4, 0.5) is 18.9 Å². The van der Waals surface area contributed by atoms with Gasteiger partial charge in [0.05, 0.1) is 28.6 Å². The molecule has 1 aliphatic heterocycles. The van der Waals surface area contributed by atoms with Crippen LogP contribution in [0.15, 0.2) is 29.2 Å². The first-order valence-corrected chi connectivity index (χ1v) is 7.70. The van der Waals surface area contributed by atoms with Gasteiger partial charge in [-0.3, -0.25) is 10.1 Å². The number of hydrogen-bond acceptors (Lipinski definition) is 5. The van der Waals surface area contributed by atoms with Gasteiger partial charge in [-0.1, -0.05) is 6.08 Å². The molecule has 0 saturated heterocycles. The second kappa shape index (κ2) is 6.26. The number of nitrogens with zero attached hydrogens (tertiary/aromatic N) is 1. The van der Waals surface area contributed by atoms with Crippen molar-refractivity contribution in [2.75, 3.05) is 19.8 Å². The predicted octanol–water partition coefficient (Wildman–Crippen LogP) is 1.85. The van der Waals surface area contributed by atoms with Crippen LogP contribution in [0.3, 0.4) is 0 Å². The summed E-state index contributed by atoms with van der Waals surface area (Å²) in [6.07, 6.45) is -3.12. The number of benzene rings is 1. The summed E-state index contributed by atoms with van der Waals surface area (Å²) < 4.78 is 66.4. The van der Waals surface area contributed by atoms with Crippen LogP contribution in [0.2, 0.25) is 0 Å². The van der Waals surface area contributed by atoms with E-state index in [9.17, 15) is 31.7 Å². The first kappa shape index (κ1) is 17.4. The van der Waals surface area contributed by atoms with E-state index in [0.29, 0.717) is 5.57 Å². The number of ether oxygens (including phenoxy) is 1. The minimum Gasteiger partial charge on any atom is -0.373 e. The van der Waals surface area contributed by atoms with E-state index in [0.717, 1.165) is 12.1 Å². The van der Waals surface area contributed by atoms with Gasteiger partial charge in [0, 0.05) is 6.07 Å². The highest BCUT2D eigenvalue weighted by molar-refractivity contribution is 7.89. The molecule has 0 amide bonds. The molecule has 0 spiro atoms. The molecule has 0 radical (unpaired) electrons. The third-order valence-electron chi connectivity index (χ3n) is 2.99. The van der Waals surface area contributed by atoms with Gasteiger partial charge >= 0.3 is 6.18 Å². The molecule has 2 rings (SSSR count). The zero-order valence-corrected chi connectivity index (χ0v) is 12.3.